The Morgan fingerprint density at radius 3 is 0.730 bits per heavy atom. The predicted octanol–water partition coefficient (Wildman–Crippen LogP) is 27.9. The van der Waals surface area contributed by atoms with Crippen LogP contribution in [0.3, 0.4) is 0 Å². The Hall–Kier alpha value is -5.09. The third kappa shape index (κ3) is 89.5. The zero-order valence-electron chi connectivity index (χ0n) is 72.4. The highest BCUT2D eigenvalue weighted by atomic mass is 31.2. The highest BCUT2D eigenvalue weighted by Gasteiger charge is 2.29. The molecule has 4 N–H and O–H groups in total. The van der Waals surface area contributed by atoms with Crippen molar-refractivity contribution in [2.45, 2.75) is 386 Å². The highest BCUT2D eigenvalue weighted by Crippen LogP contribution is 2.45. The van der Waals surface area contributed by atoms with E-state index in [4.69, 9.17) is 32.3 Å². The molecular weight excluding hydrogens is 1480 g/mol. The normalized spacial score (nSPS) is 14.6. The number of phosphoric acid groups is 2. The van der Waals surface area contributed by atoms with Crippen molar-refractivity contribution in [3.8, 4) is 0 Å². The summed E-state index contributed by atoms with van der Waals surface area (Å²) in [6.45, 7) is 2.42. The molecule has 0 aliphatic rings. The second kappa shape index (κ2) is 88.2. The number of allylic oxidation sites excluding steroid dienone is 28. The van der Waals surface area contributed by atoms with Crippen LogP contribution in [0.25, 0.3) is 0 Å². The number of ether oxygens (including phenoxy) is 3. The van der Waals surface area contributed by atoms with E-state index in [1.54, 1.807) is 0 Å². The van der Waals surface area contributed by atoms with Crippen LogP contribution in [0.1, 0.15) is 367 Å². The van der Waals surface area contributed by atoms with E-state index >= 15 is 0 Å². The zero-order chi connectivity index (χ0) is 83.6. The largest absolute Gasteiger partial charge is 0.472 e. The third-order valence-corrected chi connectivity index (χ3v) is 20.8. The number of esters is 3. The van der Waals surface area contributed by atoms with Crippen molar-refractivity contribution in [1.82, 2.24) is 0 Å². The van der Waals surface area contributed by atoms with E-state index in [1.807, 2.05) is 0 Å². The van der Waals surface area contributed by atoms with Crippen LogP contribution >= 0.6 is 15.6 Å². The van der Waals surface area contributed by atoms with Gasteiger partial charge >= 0.3 is 33.6 Å². The van der Waals surface area contributed by atoms with Crippen molar-refractivity contribution in [1.29, 1.82) is 0 Å². The topological polar surface area (TPSA) is 231 Å². The maximum Gasteiger partial charge on any atom is 0.472 e. The van der Waals surface area contributed by atoms with Crippen LogP contribution in [-0.4, -0.2) is 95.9 Å². The van der Waals surface area contributed by atoms with Gasteiger partial charge in [0.05, 0.1) is 26.4 Å². The van der Waals surface area contributed by atoms with E-state index in [2.05, 4.69) is 191 Å². The van der Waals surface area contributed by atoms with Crippen molar-refractivity contribution in [2.24, 2.45) is 0 Å². The van der Waals surface area contributed by atoms with Gasteiger partial charge in [0.2, 0.25) is 0 Å². The molecule has 0 aliphatic carbocycles. The SMILES string of the molecule is CC/C=C\C/C=C\C/C=C\C/C=C\C/C=C\CCCCCCCCCCCCCCCCCCCCCC(=O)OCC(O)COP(=O)(O)OCC(O)COP(=O)(O)OCC(COC(=O)CCCCCCCCC/C=C\C/C=C\C/C=C\C/C=C\C/C=C\CC)OC(=O)CCCCCCC/C=C\C/C=C\C/C=C\C/C=C\CCCCC. The summed E-state index contributed by atoms with van der Waals surface area (Å²) in [4.78, 5) is 58.9. The van der Waals surface area contributed by atoms with E-state index in [0.717, 1.165) is 186 Å². The number of phosphoric ester groups is 2. The minimum absolute atomic E-state index is 0.0763. The Morgan fingerprint density at radius 1 is 0.252 bits per heavy atom. The van der Waals surface area contributed by atoms with Gasteiger partial charge in [0.1, 0.15) is 25.4 Å². The zero-order valence-corrected chi connectivity index (χ0v) is 74.2. The summed E-state index contributed by atoms with van der Waals surface area (Å²) in [7, 11) is -9.82. The molecule has 5 unspecified atom stereocenters. The molecule has 115 heavy (non-hydrogen) atoms. The predicted molar refractivity (Wildman–Crippen MR) is 482 cm³/mol. The average molecular weight is 1650 g/mol. The van der Waals surface area contributed by atoms with Gasteiger partial charge in [0.25, 0.3) is 0 Å². The Balaban J connectivity index is 4.54. The van der Waals surface area contributed by atoms with Crippen LogP contribution in [-0.2, 0) is 55.8 Å². The van der Waals surface area contributed by atoms with Crippen molar-refractivity contribution >= 4 is 33.6 Å². The van der Waals surface area contributed by atoms with Crippen LogP contribution in [0.15, 0.2) is 170 Å². The monoisotopic (exact) mass is 1650 g/mol. The summed E-state index contributed by atoms with van der Waals surface area (Å²) in [6.07, 6.45) is 114. The first-order chi connectivity index (χ1) is 56.2. The molecule has 0 aromatic heterocycles. The quantitative estimate of drug-likeness (QED) is 0.0146. The fraction of sp³-hybridized carbons (Fsp3) is 0.680. The molecule has 16 nitrogen and oxygen atoms in total. The number of aliphatic hydroxyl groups is 2. The molecule has 0 fully saturated rings. The Labute approximate surface area is 701 Å². The van der Waals surface area contributed by atoms with Gasteiger partial charge in [-0.1, -0.05) is 364 Å². The smallest absolute Gasteiger partial charge is 0.463 e. The van der Waals surface area contributed by atoms with E-state index in [0.29, 0.717) is 19.3 Å². The standard InChI is InChI=1S/C97H164O16P2/c1-4-7-10-13-16-19-22-25-28-31-34-37-39-40-41-42-43-44-45-46-47-48-49-50-52-55-56-59-62-65-68-71-74-77-80-83-95(100)107-86-92(98)87-109-114(103,104)110-88-93(99)89-111-115(105,106)112-91-94(113-97(102)85-82-79-76-73-70-67-64-61-58-53-36-33-30-27-24-21-18-15-12-9-6-3)90-108-96(101)84-81-78-75-72-69-66-63-60-57-54-51-38-35-32-29-26-23-20-17-14-11-8-5-2/h7-8,10-11,16-21,25-30,34-38,40-41,53-54,57,61,64,92-94,98-99H,4-6,9,12-15,22-24,31-33,39,42-52,55-56,58-60,62-63,65-91H2,1-3H3,(H,103,104)(H,105,106)/b10-7-,11-8-,19-16-,20-17-,21-18-,28-25-,29-26-,30-27-,37-34-,38-35-,41-40-,53-36-,57-54-,64-61-. The van der Waals surface area contributed by atoms with Gasteiger partial charge in [-0.05, 0) is 154 Å². The second-order valence-corrected chi connectivity index (χ2v) is 32.9. The van der Waals surface area contributed by atoms with Crippen LogP contribution in [0, 0.1) is 0 Å². The summed E-state index contributed by atoms with van der Waals surface area (Å²) >= 11 is 0. The van der Waals surface area contributed by atoms with Crippen molar-refractivity contribution in [3.05, 3.63) is 170 Å². The first-order valence-corrected chi connectivity index (χ1v) is 48.4. The van der Waals surface area contributed by atoms with Crippen molar-refractivity contribution in [3.63, 3.8) is 0 Å². The Kier molecular flexibility index (Phi) is 84.3. The summed E-state index contributed by atoms with van der Waals surface area (Å²) < 4.78 is 61.4. The first-order valence-electron chi connectivity index (χ1n) is 45.4. The molecular formula is C97H164O16P2. The summed E-state index contributed by atoms with van der Waals surface area (Å²) in [5.41, 5.74) is 0. The number of carbonyl (C=O) groups is 3. The van der Waals surface area contributed by atoms with Crippen molar-refractivity contribution < 1.29 is 75.8 Å². The molecule has 18 heteroatoms. The van der Waals surface area contributed by atoms with E-state index in [1.165, 1.54) is 122 Å². The average Bonchev–Trinajstić information content (AvgIpc) is 0.901. The van der Waals surface area contributed by atoms with Gasteiger partial charge in [0.15, 0.2) is 6.10 Å². The lowest BCUT2D eigenvalue weighted by molar-refractivity contribution is -0.161. The lowest BCUT2D eigenvalue weighted by Gasteiger charge is -2.21. The number of aliphatic hydroxyl groups excluding tert-OH is 2. The molecule has 0 aliphatic heterocycles. The van der Waals surface area contributed by atoms with E-state index in [-0.39, 0.29) is 19.3 Å². The number of unbranched alkanes of at least 4 members (excludes halogenated alkanes) is 34. The van der Waals surface area contributed by atoms with E-state index < -0.39 is 91.5 Å². The molecule has 0 aromatic carbocycles. The highest BCUT2D eigenvalue weighted by molar-refractivity contribution is 7.47. The molecule has 0 saturated heterocycles. The first kappa shape index (κ1) is 110. The van der Waals surface area contributed by atoms with E-state index in [9.17, 15) is 43.5 Å². The minimum atomic E-state index is -4.95. The fourth-order valence-electron chi connectivity index (χ4n) is 12.1. The maximum absolute atomic E-state index is 13.0. The third-order valence-electron chi connectivity index (χ3n) is 18.9. The number of carbonyl (C=O) groups excluding carboxylic acids is 3. The molecule has 658 valence electrons. The summed E-state index contributed by atoms with van der Waals surface area (Å²) in [6, 6.07) is 0. The van der Waals surface area contributed by atoms with Crippen molar-refractivity contribution in [2.75, 3.05) is 39.6 Å². The Bertz CT molecular complexity index is 2770. The molecule has 0 radical (unpaired) electrons. The van der Waals surface area contributed by atoms with Gasteiger partial charge in [0, 0.05) is 19.3 Å². The molecule has 5 atom stereocenters. The van der Waals surface area contributed by atoms with Gasteiger partial charge in [-0.25, -0.2) is 9.13 Å². The number of hydrogen-bond acceptors (Lipinski definition) is 14. The minimum Gasteiger partial charge on any atom is -0.463 e. The summed E-state index contributed by atoms with van der Waals surface area (Å²) in [5, 5.41) is 20.7. The molecule has 0 aromatic rings. The number of hydrogen-bond donors (Lipinski definition) is 4. The molecule has 0 amide bonds. The molecule has 0 saturated carbocycles. The van der Waals surface area contributed by atoms with Crippen LogP contribution in [0.5, 0.6) is 0 Å². The Morgan fingerprint density at radius 2 is 0.461 bits per heavy atom. The maximum atomic E-state index is 13.0. The van der Waals surface area contributed by atoms with Gasteiger partial charge in [-0.15, -0.1) is 0 Å². The lowest BCUT2D eigenvalue weighted by Crippen LogP contribution is -2.30. The number of rotatable bonds is 85. The molecule has 0 heterocycles. The molecule has 0 bridgehead atoms. The summed E-state index contributed by atoms with van der Waals surface area (Å²) in [5.74, 6) is -1.60. The van der Waals surface area contributed by atoms with Crippen LogP contribution < -0.4 is 0 Å². The fourth-order valence-corrected chi connectivity index (χ4v) is 13.7. The van der Waals surface area contributed by atoms with Crippen LogP contribution in [0.2, 0.25) is 0 Å². The second-order valence-electron chi connectivity index (χ2n) is 30.0. The van der Waals surface area contributed by atoms with Gasteiger partial charge in [-0.2, -0.15) is 0 Å². The molecule has 0 spiro atoms. The molecule has 0 rings (SSSR count). The lowest BCUT2D eigenvalue weighted by atomic mass is 10.0. The van der Waals surface area contributed by atoms with Crippen LogP contribution in [0.4, 0.5) is 0 Å². The van der Waals surface area contributed by atoms with Gasteiger partial charge in [-0.3, -0.25) is 32.5 Å². The van der Waals surface area contributed by atoms with Gasteiger partial charge < -0.3 is 34.2 Å².